The Morgan fingerprint density at radius 2 is 1.76 bits per heavy atom. The van der Waals surface area contributed by atoms with E-state index in [9.17, 15) is 9.59 Å². The summed E-state index contributed by atoms with van der Waals surface area (Å²) in [5.41, 5.74) is -0.663. The predicted octanol–water partition coefficient (Wildman–Crippen LogP) is 3.28. The van der Waals surface area contributed by atoms with Crippen LogP contribution in [-0.2, 0) is 14.3 Å². The molecule has 0 saturated heterocycles. The number of carbonyl (C=O) groups is 2. The highest BCUT2D eigenvalue weighted by molar-refractivity contribution is 5.84. The van der Waals surface area contributed by atoms with E-state index in [4.69, 9.17) is 14.2 Å². The normalized spacial score (nSPS) is 12.3. The number of rotatable bonds is 5. The van der Waals surface area contributed by atoms with Gasteiger partial charge in [0.1, 0.15) is 18.0 Å². The van der Waals surface area contributed by atoms with Crippen molar-refractivity contribution in [2.45, 2.75) is 32.4 Å². The van der Waals surface area contributed by atoms with Crippen molar-refractivity contribution in [2.75, 3.05) is 13.7 Å². The minimum Gasteiger partial charge on any atom is -0.491 e. The number of fused-ring (bicyclic) bond motifs is 1. The molecule has 25 heavy (non-hydrogen) atoms. The smallest absolute Gasteiger partial charge is 0.408 e. The average Bonchev–Trinajstić information content (AvgIpc) is 2.56. The van der Waals surface area contributed by atoms with Crippen molar-refractivity contribution in [3.8, 4) is 5.75 Å². The van der Waals surface area contributed by atoms with E-state index in [0.717, 1.165) is 10.8 Å². The summed E-state index contributed by atoms with van der Waals surface area (Å²) >= 11 is 0. The molecule has 0 bridgehead atoms. The first kappa shape index (κ1) is 18.6. The quantitative estimate of drug-likeness (QED) is 0.842. The summed E-state index contributed by atoms with van der Waals surface area (Å²) in [4.78, 5) is 23.8. The van der Waals surface area contributed by atoms with Crippen LogP contribution in [0.2, 0.25) is 0 Å². The third-order valence-corrected chi connectivity index (χ3v) is 3.31. The van der Waals surface area contributed by atoms with Gasteiger partial charge in [-0.3, -0.25) is 0 Å². The lowest BCUT2D eigenvalue weighted by Gasteiger charge is -2.22. The Balaban J connectivity index is 2.03. The van der Waals surface area contributed by atoms with Crippen molar-refractivity contribution < 1.29 is 23.8 Å². The second-order valence-electron chi connectivity index (χ2n) is 6.54. The second-order valence-corrected chi connectivity index (χ2v) is 6.54. The lowest BCUT2D eigenvalue weighted by atomic mass is 10.1. The fourth-order valence-electron chi connectivity index (χ4n) is 2.20. The molecular weight excluding hydrogens is 322 g/mol. The molecule has 2 aromatic carbocycles. The van der Waals surface area contributed by atoms with Gasteiger partial charge in [-0.25, -0.2) is 9.59 Å². The number of hydrogen-bond acceptors (Lipinski definition) is 5. The standard InChI is InChI=1S/C19H23NO5/c1-19(2,3)25-18(22)20-16(17(21)23-4)12-24-15-10-9-13-7-5-6-8-14(13)11-15/h5-11,16H,12H2,1-4H3,(H,20,22)/t16-/m1/s1. The highest BCUT2D eigenvalue weighted by Gasteiger charge is 2.25. The van der Waals surface area contributed by atoms with Gasteiger partial charge in [-0.1, -0.05) is 30.3 Å². The molecule has 0 aliphatic heterocycles. The molecule has 0 saturated carbocycles. The van der Waals surface area contributed by atoms with E-state index >= 15 is 0 Å². The minimum absolute atomic E-state index is 0.0652. The molecule has 2 rings (SSSR count). The topological polar surface area (TPSA) is 73.9 Å². The SMILES string of the molecule is COC(=O)[C@@H](COc1ccc2ccccc2c1)NC(=O)OC(C)(C)C. The minimum atomic E-state index is -0.966. The molecule has 0 spiro atoms. The highest BCUT2D eigenvalue weighted by atomic mass is 16.6. The predicted molar refractivity (Wildman–Crippen MR) is 94.6 cm³/mol. The van der Waals surface area contributed by atoms with Crippen LogP contribution in [0.15, 0.2) is 42.5 Å². The molecule has 1 atom stereocenters. The summed E-state index contributed by atoms with van der Waals surface area (Å²) < 4.78 is 15.5. The summed E-state index contributed by atoms with van der Waals surface area (Å²) in [7, 11) is 1.25. The monoisotopic (exact) mass is 345 g/mol. The lowest BCUT2D eigenvalue weighted by molar-refractivity contribution is -0.143. The molecule has 0 fully saturated rings. The van der Waals surface area contributed by atoms with E-state index in [2.05, 4.69) is 5.32 Å². The summed E-state index contributed by atoms with van der Waals surface area (Å²) in [6.07, 6.45) is -0.704. The van der Waals surface area contributed by atoms with Crippen LogP contribution in [0.5, 0.6) is 5.75 Å². The van der Waals surface area contributed by atoms with E-state index in [1.807, 2.05) is 42.5 Å². The zero-order chi connectivity index (χ0) is 18.4. The Labute approximate surface area is 147 Å². The number of benzene rings is 2. The Morgan fingerprint density at radius 1 is 1.08 bits per heavy atom. The molecule has 1 amide bonds. The molecule has 0 heterocycles. The van der Waals surface area contributed by atoms with Gasteiger partial charge in [-0.2, -0.15) is 0 Å². The van der Waals surface area contributed by atoms with Crippen LogP contribution >= 0.6 is 0 Å². The van der Waals surface area contributed by atoms with Gasteiger partial charge in [0, 0.05) is 0 Å². The van der Waals surface area contributed by atoms with Crippen LogP contribution in [0, 0.1) is 0 Å². The number of amides is 1. The van der Waals surface area contributed by atoms with Crippen LogP contribution in [0.25, 0.3) is 10.8 Å². The van der Waals surface area contributed by atoms with E-state index in [0.29, 0.717) is 5.75 Å². The molecule has 1 N–H and O–H groups in total. The summed E-state index contributed by atoms with van der Waals surface area (Å²) in [6, 6.07) is 12.5. The molecule has 0 radical (unpaired) electrons. The van der Waals surface area contributed by atoms with Gasteiger partial charge < -0.3 is 19.5 Å². The number of alkyl carbamates (subject to hydrolysis) is 1. The van der Waals surface area contributed by atoms with Crippen LogP contribution in [-0.4, -0.2) is 37.4 Å². The van der Waals surface area contributed by atoms with E-state index in [1.165, 1.54) is 7.11 Å². The van der Waals surface area contributed by atoms with Gasteiger partial charge >= 0.3 is 12.1 Å². The number of carbonyl (C=O) groups excluding carboxylic acids is 2. The van der Waals surface area contributed by atoms with Crippen LogP contribution in [0.3, 0.4) is 0 Å². The Morgan fingerprint density at radius 3 is 2.40 bits per heavy atom. The van der Waals surface area contributed by atoms with Crippen molar-refractivity contribution >= 4 is 22.8 Å². The highest BCUT2D eigenvalue weighted by Crippen LogP contribution is 2.20. The van der Waals surface area contributed by atoms with Crippen LogP contribution in [0.1, 0.15) is 20.8 Å². The fourth-order valence-corrected chi connectivity index (χ4v) is 2.20. The Hall–Kier alpha value is -2.76. The maximum atomic E-state index is 11.9. The average molecular weight is 345 g/mol. The molecule has 0 aliphatic carbocycles. The lowest BCUT2D eigenvalue weighted by Crippen LogP contribution is -2.47. The zero-order valence-corrected chi connectivity index (χ0v) is 14.9. The molecular formula is C19H23NO5. The Bertz CT molecular complexity index is 751. The largest absolute Gasteiger partial charge is 0.491 e. The van der Waals surface area contributed by atoms with E-state index < -0.39 is 23.7 Å². The maximum Gasteiger partial charge on any atom is 0.408 e. The summed E-state index contributed by atoms with van der Waals surface area (Å²) in [5, 5.41) is 4.58. The Kier molecular flexibility index (Phi) is 5.85. The molecule has 6 heteroatoms. The van der Waals surface area contributed by atoms with Crippen molar-refractivity contribution in [3.05, 3.63) is 42.5 Å². The zero-order valence-electron chi connectivity index (χ0n) is 14.9. The molecule has 0 unspecified atom stereocenters. The van der Waals surface area contributed by atoms with Gasteiger partial charge in [0.15, 0.2) is 6.04 Å². The number of esters is 1. The third kappa shape index (κ3) is 5.67. The maximum absolute atomic E-state index is 11.9. The van der Waals surface area contributed by atoms with Crippen molar-refractivity contribution in [1.29, 1.82) is 0 Å². The fraction of sp³-hybridized carbons (Fsp3) is 0.368. The number of hydrogen-bond donors (Lipinski definition) is 1. The number of methoxy groups -OCH3 is 1. The molecule has 134 valence electrons. The van der Waals surface area contributed by atoms with E-state index in [-0.39, 0.29) is 6.61 Å². The van der Waals surface area contributed by atoms with Crippen molar-refractivity contribution in [1.82, 2.24) is 5.32 Å². The molecule has 0 aromatic heterocycles. The van der Waals surface area contributed by atoms with Gasteiger partial charge in [0.05, 0.1) is 7.11 Å². The third-order valence-electron chi connectivity index (χ3n) is 3.31. The second kappa shape index (κ2) is 7.88. The van der Waals surface area contributed by atoms with Gasteiger partial charge in [-0.05, 0) is 43.7 Å². The summed E-state index contributed by atoms with van der Waals surface area (Å²) in [5.74, 6) is -0.00904. The molecule has 6 nitrogen and oxygen atoms in total. The first-order chi connectivity index (χ1) is 11.8. The summed E-state index contributed by atoms with van der Waals surface area (Å²) in [6.45, 7) is 5.16. The van der Waals surface area contributed by atoms with Crippen molar-refractivity contribution in [3.63, 3.8) is 0 Å². The molecule has 0 aliphatic rings. The van der Waals surface area contributed by atoms with Crippen LogP contribution in [0.4, 0.5) is 4.79 Å². The number of ether oxygens (including phenoxy) is 3. The van der Waals surface area contributed by atoms with Crippen LogP contribution < -0.4 is 10.1 Å². The van der Waals surface area contributed by atoms with Crippen molar-refractivity contribution in [2.24, 2.45) is 0 Å². The first-order valence-corrected chi connectivity index (χ1v) is 7.97. The van der Waals surface area contributed by atoms with Gasteiger partial charge in [-0.15, -0.1) is 0 Å². The van der Waals surface area contributed by atoms with E-state index in [1.54, 1.807) is 20.8 Å². The number of nitrogens with one attached hydrogen (secondary N) is 1. The first-order valence-electron chi connectivity index (χ1n) is 7.97. The molecule has 2 aromatic rings. The van der Waals surface area contributed by atoms with Gasteiger partial charge in [0.2, 0.25) is 0 Å². The van der Waals surface area contributed by atoms with Gasteiger partial charge in [0.25, 0.3) is 0 Å².